The van der Waals surface area contributed by atoms with Crippen molar-refractivity contribution in [3.8, 4) is 11.5 Å². The largest absolute Gasteiger partial charge is 0.493 e. The molecule has 0 spiro atoms. The van der Waals surface area contributed by atoms with Crippen LogP contribution in [0.3, 0.4) is 0 Å². The Morgan fingerprint density at radius 2 is 1.95 bits per heavy atom. The highest BCUT2D eigenvalue weighted by molar-refractivity contribution is 5.97. The summed E-state index contributed by atoms with van der Waals surface area (Å²) in [5, 5.41) is 2.44. The lowest BCUT2D eigenvalue weighted by Crippen LogP contribution is -2.29. The third-order valence-electron chi connectivity index (χ3n) is 2.45. The quantitative estimate of drug-likeness (QED) is 0.783. The lowest BCUT2D eigenvalue weighted by Gasteiger charge is -2.13. The summed E-state index contributed by atoms with van der Waals surface area (Å²) < 4.78 is 50.1. The Bertz CT molecular complexity index is 477. The molecule has 0 aliphatic carbocycles. The van der Waals surface area contributed by atoms with Gasteiger partial charge in [-0.15, -0.1) is 0 Å². The highest BCUT2D eigenvalue weighted by Crippen LogP contribution is 2.30. The molecule has 0 unspecified atom stereocenters. The maximum atomic E-state index is 11.9. The van der Waals surface area contributed by atoms with E-state index in [1.165, 1.54) is 20.3 Å². The fraction of sp³-hybridized carbons (Fsp3) is 0.462. The molecule has 0 heterocycles. The Labute approximate surface area is 120 Å². The van der Waals surface area contributed by atoms with Gasteiger partial charge in [-0.05, 0) is 12.1 Å². The zero-order valence-corrected chi connectivity index (χ0v) is 11.6. The number of hydrogen-bond donors (Lipinski definition) is 1. The Morgan fingerprint density at radius 1 is 1.24 bits per heavy atom. The Hall–Kier alpha value is -1.96. The van der Waals surface area contributed by atoms with Gasteiger partial charge in [-0.25, -0.2) is 0 Å². The van der Waals surface area contributed by atoms with Crippen LogP contribution in [0.5, 0.6) is 11.5 Å². The fourth-order valence-electron chi connectivity index (χ4n) is 1.59. The SMILES string of the molecule is COc1cccc(C(=O)NCCOCC(F)(F)F)c1OC. The van der Waals surface area contributed by atoms with Crippen LogP contribution < -0.4 is 14.8 Å². The minimum absolute atomic E-state index is 0.0464. The van der Waals surface area contributed by atoms with E-state index in [0.717, 1.165) is 0 Å². The van der Waals surface area contributed by atoms with Crippen LogP contribution in [0.2, 0.25) is 0 Å². The molecule has 5 nitrogen and oxygen atoms in total. The number of methoxy groups -OCH3 is 2. The lowest BCUT2D eigenvalue weighted by molar-refractivity contribution is -0.173. The molecule has 0 fully saturated rings. The van der Waals surface area contributed by atoms with E-state index in [9.17, 15) is 18.0 Å². The Morgan fingerprint density at radius 3 is 2.52 bits per heavy atom. The first-order valence-corrected chi connectivity index (χ1v) is 6.02. The molecule has 0 saturated heterocycles. The molecule has 1 amide bonds. The number of alkyl halides is 3. The first kappa shape index (κ1) is 17.1. The molecule has 1 rings (SSSR count). The first-order valence-electron chi connectivity index (χ1n) is 6.02. The average Bonchev–Trinajstić information content (AvgIpc) is 2.44. The van der Waals surface area contributed by atoms with E-state index in [1.807, 2.05) is 0 Å². The number of rotatable bonds is 7. The summed E-state index contributed by atoms with van der Waals surface area (Å²) in [7, 11) is 2.82. The highest BCUT2D eigenvalue weighted by Gasteiger charge is 2.27. The molecule has 0 aliphatic heterocycles. The predicted octanol–water partition coefficient (Wildman–Crippen LogP) is 2.01. The number of hydrogen-bond acceptors (Lipinski definition) is 4. The third kappa shape index (κ3) is 5.50. The van der Waals surface area contributed by atoms with Crippen LogP contribution in [0.15, 0.2) is 18.2 Å². The summed E-state index contributed by atoms with van der Waals surface area (Å²) in [6, 6.07) is 4.76. The minimum atomic E-state index is -4.37. The molecule has 0 bridgehead atoms. The zero-order chi connectivity index (χ0) is 15.9. The van der Waals surface area contributed by atoms with Crippen molar-refractivity contribution in [3.63, 3.8) is 0 Å². The standard InChI is InChI=1S/C13H16F3NO4/c1-19-10-5-3-4-9(11(10)20-2)12(18)17-6-7-21-8-13(14,15)16/h3-5H,6-8H2,1-2H3,(H,17,18). The molecular weight excluding hydrogens is 291 g/mol. The van der Waals surface area contributed by atoms with Crippen molar-refractivity contribution in [1.82, 2.24) is 5.32 Å². The van der Waals surface area contributed by atoms with Crippen molar-refractivity contribution in [3.05, 3.63) is 23.8 Å². The Kier molecular flexibility index (Phi) is 6.29. The van der Waals surface area contributed by atoms with Crippen LogP contribution >= 0.6 is 0 Å². The van der Waals surface area contributed by atoms with E-state index in [-0.39, 0.29) is 24.5 Å². The second kappa shape index (κ2) is 7.72. The molecule has 21 heavy (non-hydrogen) atoms. The molecule has 8 heteroatoms. The molecule has 1 N–H and O–H groups in total. The molecule has 118 valence electrons. The van der Waals surface area contributed by atoms with Crippen molar-refractivity contribution in [1.29, 1.82) is 0 Å². The van der Waals surface area contributed by atoms with Gasteiger partial charge < -0.3 is 19.5 Å². The van der Waals surface area contributed by atoms with Gasteiger partial charge in [0.1, 0.15) is 6.61 Å². The summed E-state index contributed by atoms with van der Waals surface area (Å²) in [5.41, 5.74) is 0.229. The fourth-order valence-corrected chi connectivity index (χ4v) is 1.59. The van der Waals surface area contributed by atoms with Gasteiger partial charge in [-0.3, -0.25) is 4.79 Å². The number of amides is 1. The number of carbonyl (C=O) groups excluding carboxylic acids is 1. The summed E-state index contributed by atoms with van der Waals surface area (Å²) >= 11 is 0. The van der Waals surface area contributed by atoms with E-state index in [1.54, 1.807) is 12.1 Å². The summed E-state index contributed by atoms with van der Waals surface area (Å²) in [5.74, 6) is 0.161. The number of ether oxygens (including phenoxy) is 3. The van der Waals surface area contributed by atoms with Gasteiger partial charge in [0.2, 0.25) is 0 Å². The number of halogens is 3. The van der Waals surface area contributed by atoms with E-state index in [2.05, 4.69) is 10.1 Å². The lowest BCUT2D eigenvalue weighted by atomic mass is 10.1. The van der Waals surface area contributed by atoms with E-state index in [0.29, 0.717) is 5.75 Å². The van der Waals surface area contributed by atoms with Crippen LogP contribution in [-0.4, -0.2) is 46.1 Å². The number of benzene rings is 1. The first-order chi connectivity index (χ1) is 9.89. The van der Waals surface area contributed by atoms with Gasteiger partial charge >= 0.3 is 6.18 Å². The number of nitrogens with one attached hydrogen (secondary N) is 1. The van der Waals surface area contributed by atoms with E-state index >= 15 is 0 Å². The second-order valence-corrected chi connectivity index (χ2v) is 3.96. The molecule has 0 saturated carbocycles. The van der Waals surface area contributed by atoms with Crippen LogP contribution in [0, 0.1) is 0 Å². The van der Waals surface area contributed by atoms with Crippen LogP contribution in [-0.2, 0) is 4.74 Å². The normalized spacial score (nSPS) is 11.1. The van der Waals surface area contributed by atoms with Gasteiger partial charge in [-0.1, -0.05) is 6.07 Å². The molecule has 0 aliphatic rings. The monoisotopic (exact) mass is 307 g/mol. The van der Waals surface area contributed by atoms with Gasteiger partial charge in [0.15, 0.2) is 11.5 Å². The third-order valence-corrected chi connectivity index (χ3v) is 2.45. The maximum absolute atomic E-state index is 11.9. The minimum Gasteiger partial charge on any atom is -0.493 e. The smallest absolute Gasteiger partial charge is 0.411 e. The summed E-state index contributed by atoms with van der Waals surface area (Å²) in [6.07, 6.45) is -4.37. The molecule has 1 aromatic rings. The van der Waals surface area contributed by atoms with Crippen LogP contribution in [0.4, 0.5) is 13.2 Å². The van der Waals surface area contributed by atoms with Crippen molar-refractivity contribution >= 4 is 5.91 Å². The second-order valence-electron chi connectivity index (χ2n) is 3.96. The van der Waals surface area contributed by atoms with Crippen LogP contribution in [0.1, 0.15) is 10.4 Å². The molecule has 0 aromatic heterocycles. The molecule has 1 aromatic carbocycles. The Balaban J connectivity index is 2.53. The predicted molar refractivity (Wildman–Crippen MR) is 68.8 cm³/mol. The molecular formula is C13H16F3NO4. The van der Waals surface area contributed by atoms with Gasteiger partial charge in [-0.2, -0.15) is 13.2 Å². The van der Waals surface area contributed by atoms with Crippen molar-refractivity contribution in [2.75, 3.05) is 34.0 Å². The highest BCUT2D eigenvalue weighted by atomic mass is 19.4. The van der Waals surface area contributed by atoms with E-state index in [4.69, 9.17) is 9.47 Å². The summed E-state index contributed by atoms with van der Waals surface area (Å²) in [6.45, 7) is -1.63. The van der Waals surface area contributed by atoms with Crippen molar-refractivity contribution < 1.29 is 32.2 Å². The average molecular weight is 307 g/mol. The van der Waals surface area contributed by atoms with Gasteiger partial charge in [0.05, 0.1) is 26.4 Å². The topological polar surface area (TPSA) is 56.8 Å². The zero-order valence-electron chi connectivity index (χ0n) is 11.6. The van der Waals surface area contributed by atoms with Gasteiger partial charge in [0.25, 0.3) is 5.91 Å². The molecule has 0 radical (unpaired) electrons. The van der Waals surface area contributed by atoms with E-state index < -0.39 is 18.7 Å². The number of para-hydroxylation sites is 1. The maximum Gasteiger partial charge on any atom is 0.411 e. The van der Waals surface area contributed by atoms with Crippen LogP contribution in [0.25, 0.3) is 0 Å². The summed E-state index contributed by atoms with van der Waals surface area (Å²) in [4.78, 5) is 11.9. The number of carbonyl (C=O) groups is 1. The van der Waals surface area contributed by atoms with Crippen molar-refractivity contribution in [2.24, 2.45) is 0 Å². The van der Waals surface area contributed by atoms with Crippen molar-refractivity contribution in [2.45, 2.75) is 6.18 Å². The van der Waals surface area contributed by atoms with Gasteiger partial charge in [0, 0.05) is 6.54 Å². The molecule has 0 atom stereocenters.